The molecule has 1 atom stereocenters. The second kappa shape index (κ2) is 5.84. The molecule has 4 nitrogen and oxygen atoms in total. The van der Waals surface area contributed by atoms with Gasteiger partial charge in [-0.05, 0) is 24.6 Å². The molecule has 0 saturated carbocycles. The van der Waals surface area contributed by atoms with Gasteiger partial charge in [0.2, 0.25) is 0 Å². The SMILES string of the molecule is C#CCNC(C)(C(=O)O)c1ccc(OC(F)(F)F)cc1. The second-order valence-electron chi connectivity index (χ2n) is 4.06. The number of halogens is 3. The van der Waals surface area contributed by atoms with E-state index in [9.17, 15) is 23.1 Å². The lowest BCUT2D eigenvalue weighted by molar-refractivity contribution is -0.274. The third-order valence-corrected chi connectivity index (χ3v) is 2.64. The van der Waals surface area contributed by atoms with Crippen molar-refractivity contribution in [1.82, 2.24) is 5.32 Å². The summed E-state index contributed by atoms with van der Waals surface area (Å²) in [5.41, 5.74) is -1.24. The number of aliphatic carboxylic acids is 1. The zero-order chi connectivity index (χ0) is 15.4. The summed E-state index contributed by atoms with van der Waals surface area (Å²) < 4.78 is 39.8. The van der Waals surface area contributed by atoms with Crippen LogP contribution in [0.25, 0.3) is 0 Å². The van der Waals surface area contributed by atoms with E-state index in [4.69, 9.17) is 6.42 Å². The summed E-state index contributed by atoms with van der Waals surface area (Å²) in [6.07, 6.45) is 0.265. The quantitative estimate of drug-likeness (QED) is 0.814. The van der Waals surface area contributed by atoms with Gasteiger partial charge in [0.1, 0.15) is 11.3 Å². The van der Waals surface area contributed by atoms with Crippen molar-refractivity contribution in [1.29, 1.82) is 0 Å². The maximum Gasteiger partial charge on any atom is 0.573 e. The summed E-state index contributed by atoms with van der Waals surface area (Å²) >= 11 is 0. The molecule has 1 rings (SSSR count). The molecule has 1 unspecified atom stereocenters. The fraction of sp³-hybridized carbons (Fsp3) is 0.308. The minimum Gasteiger partial charge on any atom is -0.480 e. The van der Waals surface area contributed by atoms with Crippen LogP contribution in [-0.4, -0.2) is 24.0 Å². The molecule has 0 aliphatic carbocycles. The van der Waals surface area contributed by atoms with Gasteiger partial charge < -0.3 is 9.84 Å². The molecule has 0 heterocycles. The number of hydrogen-bond acceptors (Lipinski definition) is 3. The summed E-state index contributed by atoms with van der Waals surface area (Å²) in [5, 5.41) is 11.9. The van der Waals surface area contributed by atoms with E-state index < -0.39 is 23.6 Å². The lowest BCUT2D eigenvalue weighted by Gasteiger charge is -2.26. The molecule has 0 aliphatic rings. The predicted octanol–water partition coefficient (Wildman–Crippen LogP) is 2.11. The number of terminal acetylenes is 1. The first kappa shape index (κ1) is 15.9. The number of alkyl halides is 3. The van der Waals surface area contributed by atoms with E-state index in [1.54, 1.807) is 0 Å². The van der Waals surface area contributed by atoms with Gasteiger partial charge in [-0.1, -0.05) is 18.1 Å². The van der Waals surface area contributed by atoms with Crippen molar-refractivity contribution in [3.63, 3.8) is 0 Å². The maximum atomic E-state index is 12.0. The zero-order valence-corrected chi connectivity index (χ0v) is 10.5. The first-order valence-electron chi connectivity index (χ1n) is 5.47. The summed E-state index contributed by atoms with van der Waals surface area (Å²) in [6, 6.07) is 4.56. The molecule has 0 saturated heterocycles. The van der Waals surface area contributed by atoms with Crippen LogP contribution in [0.2, 0.25) is 0 Å². The summed E-state index contributed by atoms with van der Waals surface area (Å²) in [6.45, 7) is 1.37. The van der Waals surface area contributed by atoms with Crippen molar-refractivity contribution in [3.8, 4) is 18.1 Å². The Hall–Kier alpha value is -2.20. The molecule has 1 aromatic rings. The highest BCUT2D eigenvalue weighted by atomic mass is 19.4. The van der Waals surface area contributed by atoms with Crippen LogP contribution < -0.4 is 10.1 Å². The van der Waals surface area contributed by atoms with Crippen LogP contribution in [0.5, 0.6) is 5.75 Å². The Balaban J connectivity index is 3.00. The van der Waals surface area contributed by atoms with E-state index in [0.29, 0.717) is 0 Å². The lowest BCUT2D eigenvalue weighted by Crippen LogP contribution is -2.46. The standard InChI is InChI=1S/C13H12F3NO3/c1-3-8-17-12(2,11(18)19)9-4-6-10(7-5-9)20-13(14,15)16/h1,4-7,17H,8H2,2H3,(H,18,19). The highest BCUT2D eigenvalue weighted by Crippen LogP contribution is 2.27. The van der Waals surface area contributed by atoms with Gasteiger partial charge in [-0.3, -0.25) is 5.32 Å². The average Bonchev–Trinajstić information content (AvgIpc) is 2.34. The van der Waals surface area contributed by atoms with Gasteiger partial charge >= 0.3 is 12.3 Å². The number of carboxylic acids is 1. The molecular weight excluding hydrogens is 275 g/mol. The van der Waals surface area contributed by atoms with Crippen molar-refractivity contribution in [2.75, 3.05) is 6.54 Å². The second-order valence-corrected chi connectivity index (χ2v) is 4.06. The Morgan fingerprint density at radius 3 is 2.35 bits per heavy atom. The molecule has 0 bridgehead atoms. The van der Waals surface area contributed by atoms with Gasteiger partial charge in [0, 0.05) is 0 Å². The van der Waals surface area contributed by atoms with E-state index in [-0.39, 0.29) is 12.1 Å². The van der Waals surface area contributed by atoms with E-state index in [2.05, 4.69) is 16.0 Å². The van der Waals surface area contributed by atoms with Gasteiger partial charge in [0.05, 0.1) is 6.54 Å². The number of rotatable bonds is 5. The van der Waals surface area contributed by atoms with Crippen molar-refractivity contribution in [3.05, 3.63) is 29.8 Å². The summed E-state index contributed by atoms with van der Waals surface area (Å²) in [5.74, 6) is 0.621. The number of ether oxygens (including phenoxy) is 1. The summed E-state index contributed by atoms with van der Waals surface area (Å²) in [7, 11) is 0. The average molecular weight is 287 g/mol. The highest BCUT2D eigenvalue weighted by molar-refractivity contribution is 5.80. The molecule has 0 fully saturated rings. The molecule has 0 aromatic heterocycles. The van der Waals surface area contributed by atoms with E-state index in [1.807, 2.05) is 0 Å². The van der Waals surface area contributed by atoms with E-state index in [1.165, 1.54) is 19.1 Å². The van der Waals surface area contributed by atoms with Crippen LogP contribution in [0.4, 0.5) is 13.2 Å². The number of carboxylic acid groups (broad SMARTS) is 1. The van der Waals surface area contributed by atoms with E-state index in [0.717, 1.165) is 12.1 Å². The molecule has 20 heavy (non-hydrogen) atoms. The van der Waals surface area contributed by atoms with Crippen LogP contribution in [-0.2, 0) is 10.3 Å². The highest BCUT2D eigenvalue weighted by Gasteiger charge is 2.35. The third-order valence-electron chi connectivity index (χ3n) is 2.64. The maximum absolute atomic E-state index is 12.0. The Labute approximate surface area is 113 Å². The molecule has 0 spiro atoms. The van der Waals surface area contributed by atoms with Crippen LogP contribution in [0.3, 0.4) is 0 Å². The smallest absolute Gasteiger partial charge is 0.480 e. The van der Waals surface area contributed by atoms with Crippen LogP contribution in [0, 0.1) is 12.3 Å². The summed E-state index contributed by atoms with van der Waals surface area (Å²) in [4.78, 5) is 11.3. The number of nitrogens with one attached hydrogen (secondary N) is 1. The molecule has 0 aliphatic heterocycles. The molecule has 0 radical (unpaired) electrons. The van der Waals surface area contributed by atoms with Gasteiger partial charge in [0.15, 0.2) is 0 Å². The van der Waals surface area contributed by atoms with Crippen molar-refractivity contribution in [2.24, 2.45) is 0 Å². The van der Waals surface area contributed by atoms with Crippen molar-refractivity contribution in [2.45, 2.75) is 18.8 Å². The first-order chi connectivity index (χ1) is 9.19. The molecule has 108 valence electrons. The topological polar surface area (TPSA) is 58.6 Å². The third kappa shape index (κ3) is 3.90. The predicted molar refractivity (Wildman–Crippen MR) is 64.9 cm³/mol. The van der Waals surface area contributed by atoms with Gasteiger partial charge in [-0.15, -0.1) is 19.6 Å². The normalized spacial score (nSPS) is 14.2. The number of hydrogen-bond donors (Lipinski definition) is 2. The molecule has 0 amide bonds. The number of carbonyl (C=O) groups is 1. The van der Waals surface area contributed by atoms with Crippen LogP contribution in [0.1, 0.15) is 12.5 Å². The fourth-order valence-electron chi connectivity index (χ4n) is 1.52. The Bertz CT molecular complexity index is 519. The molecule has 2 N–H and O–H groups in total. The Kier molecular flexibility index (Phi) is 4.63. The van der Waals surface area contributed by atoms with Crippen molar-refractivity contribution < 1.29 is 27.8 Å². The Morgan fingerprint density at radius 1 is 1.40 bits per heavy atom. The first-order valence-corrected chi connectivity index (χ1v) is 5.47. The fourth-order valence-corrected chi connectivity index (χ4v) is 1.52. The van der Waals surface area contributed by atoms with Crippen molar-refractivity contribution >= 4 is 5.97 Å². The molecule has 7 heteroatoms. The van der Waals surface area contributed by atoms with Gasteiger partial charge in [0.25, 0.3) is 0 Å². The monoisotopic (exact) mass is 287 g/mol. The van der Waals surface area contributed by atoms with Crippen LogP contribution in [0.15, 0.2) is 24.3 Å². The zero-order valence-electron chi connectivity index (χ0n) is 10.5. The molecular formula is C13H12F3NO3. The Morgan fingerprint density at radius 2 is 1.95 bits per heavy atom. The minimum absolute atomic E-state index is 0.00357. The van der Waals surface area contributed by atoms with Gasteiger partial charge in [-0.2, -0.15) is 0 Å². The van der Waals surface area contributed by atoms with Crippen LogP contribution >= 0.6 is 0 Å². The minimum atomic E-state index is -4.79. The van der Waals surface area contributed by atoms with E-state index >= 15 is 0 Å². The lowest BCUT2D eigenvalue weighted by atomic mass is 9.92. The molecule has 1 aromatic carbocycles. The van der Waals surface area contributed by atoms with Gasteiger partial charge in [-0.25, -0.2) is 4.79 Å². The largest absolute Gasteiger partial charge is 0.573 e. The number of benzene rings is 1.